The number of hydrogen-bond acceptors (Lipinski definition) is 6. The Labute approximate surface area is 318 Å². The summed E-state index contributed by atoms with van der Waals surface area (Å²) in [6.07, 6.45) is 4.04. The molecular formula is C49H29N3O2S. The third-order valence-electron chi connectivity index (χ3n) is 11.1. The Morgan fingerprint density at radius 2 is 1.02 bits per heavy atom. The second-order valence-electron chi connectivity index (χ2n) is 14.2. The first-order valence-corrected chi connectivity index (χ1v) is 19.4. The Morgan fingerprint density at radius 3 is 1.91 bits per heavy atom. The van der Waals surface area contributed by atoms with Crippen LogP contribution >= 0.6 is 11.3 Å². The number of thiophene rings is 1. The number of nitrogens with zero attached hydrogens (tertiary/aromatic N) is 3. The number of hydrogen-bond donors (Lipinski definition) is 0. The first kappa shape index (κ1) is 30.6. The minimum Gasteiger partial charge on any atom is -0.456 e. The number of para-hydroxylation sites is 2. The summed E-state index contributed by atoms with van der Waals surface area (Å²) < 4.78 is 15.6. The number of aromatic nitrogens is 3. The normalized spacial score (nSPS) is 13.1. The Morgan fingerprint density at radius 1 is 0.418 bits per heavy atom. The molecule has 7 aromatic carbocycles. The van der Waals surface area contributed by atoms with Crippen molar-refractivity contribution in [2.75, 3.05) is 0 Å². The SMILES string of the molecule is C1=C(c2nc(-c3cccc4oc5c(-c6cccc7oc8ccccc8c67)cccc5c34)nc(-c3cccc4sc5ccccc5c34)n2)CCc2ccccc21. The lowest BCUT2D eigenvalue weighted by molar-refractivity contribution is 0.668. The maximum Gasteiger partial charge on any atom is 0.164 e. The van der Waals surface area contributed by atoms with Gasteiger partial charge in [0.1, 0.15) is 22.3 Å². The molecule has 0 amide bonds. The summed E-state index contributed by atoms with van der Waals surface area (Å²) in [5.41, 5.74) is 11.0. The van der Waals surface area contributed by atoms with Crippen LogP contribution in [0, 0.1) is 0 Å². The van der Waals surface area contributed by atoms with Crippen LogP contribution in [0.5, 0.6) is 0 Å². The van der Waals surface area contributed by atoms with E-state index in [1.54, 1.807) is 11.3 Å². The number of furan rings is 2. The van der Waals surface area contributed by atoms with Gasteiger partial charge in [-0.15, -0.1) is 11.3 Å². The Kier molecular flexibility index (Phi) is 6.56. The lowest BCUT2D eigenvalue weighted by Crippen LogP contribution is -2.06. The van der Waals surface area contributed by atoms with Gasteiger partial charge in [0.25, 0.3) is 0 Å². The van der Waals surface area contributed by atoms with Crippen molar-refractivity contribution >= 4 is 87.0 Å². The second kappa shape index (κ2) is 11.8. The monoisotopic (exact) mass is 723 g/mol. The quantitative estimate of drug-likeness (QED) is 0.181. The first-order valence-electron chi connectivity index (χ1n) is 18.6. The molecule has 258 valence electrons. The number of rotatable bonds is 4. The summed E-state index contributed by atoms with van der Waals surface area (Å²) in [6, 6.07) is 50.7. The van der Waals surface area contributed by atoms with Crippen molar-refractivity contribution in [3.8, 4) is 33.9 Å². The van der Waals surface area contributed by atoms with Gasteiger partial charge in [-0.25, -0.2) is 15.0 Å². The summed E-state index contributed by atoms with van der Waals surface area (Å²) in [7, 11) is 0. The molecule has 4 heterocycles. The van der Waals surface area contributed by atoms with E-state index < -0.39 is 0 Å². The van der Waals surface area contributed by atoms with Crippen LogP contribution in [0.4, 0.5) is 0 Å². The van der Waals surface area contributed by atoms with Crippen LogP contribution in [0.25, 0.3) is 110 Å². The van der Waals surface area contributed by atoms with Crippen molar-refractivity contribution in [2.45, 2.75) is 12.8 Å². The predicted octanol–water partition coefficient (Wildman–Crippen LogP) is 13.5. The van der Waals surface area contributed by atoms with E-state index in [9.17, 15) is 0 Å². The van der Waals surface area contributed by atoms with E-state index in [1.165, 1.54) is 31.3 Å². The molecule has 0 atom stereocenters. The van der Waals surface area contributed by atoms with E-state index in [0.29, 0.717) is 17.5 Å². The van der Waals surface area contributed by atoms with Crippen molar-refractivity contribution in [3.05, 3.63) is 163 Å². The van der Waals surface area contributed by atoms with Gasteiger partial charge in [0.15, 0.2) is 17.5 Å². The van der Waals surface area contributed by atoms with Crippen molar-refractivity contribution in [1.29, 1.82) is 0 Å². The standard InChI is InChI=1S/C49H29N3O2S/c1-2-12-29-27-30(26-25-28(29)11-1)47-50-48(52-49(51-47)37-19-10-24-42-45(37)34-14-4-6-23-41(34)55-42)36-18-9-22-40-44(36)35-17-7-16-32(46(35)54-40)31-15-8-21-39-43(31)33-13-3-5-20-38(33)53-39/h1-24,27H,25-26H2. The summed E-state index contributed by atoms with van der Waals surface area (Å²) in [5, 5.41) is 6.53. The Balaban J connectivity index is 1.11. The van der Waals surface area contributed by atoms with Crippen molar-refractivity contribution in [3.63, 3.8) is 0 Å². The van der Waals surface area contributed by atoms with Gasteiger partial charge in [0.05, 0.1) is 0 Å². The molecule has 12 rings (SSSR count). The second-order valence-corrected chi connectivity index (χ2v) is 15.3. The van der Waals surface area contributed by atoms with Crippen molar-refractivity contribution < 1.29 is 8.83 Å². The smallest absolute Gasteiger partial charge is 0.164 e. The molecule has 11 aromatic rings. The fraction of sp³-hybridized carbons (Fsp3) is 0.0408. The van der Waals surface area contributed by atoms with E-state index in [2.05, 4.69) is 121 Å². The molecule has 1 aliphatic carbocycles. The molecule has 0 N–H and O–H groups in total. The zero-order valence-corrected chi connectivity index (χ0v) is 30.2. The zero-order valence-electron chi connectivity index (χ0n) is 29.4. The molecule has 0 fully saturated rings. The van der Waals surface area contributed by atoms with Crippen molar-refractivity contribution in [1.82, 2.24) is 15.0 Å². The highest BCUT2D eigenvalue weighted by Gasteiger charge is 2.23. The molecule has 4 aromatic heterocycles. The van der Waals surface area contributed by atoms with Gasteiger partial charge in [-0.2, -0.15) is 0 Å². The van der Waals surface area contributed by atoms with Crippen LogP contribution in [-0.4, -0.2) is 15.0 Å². The minimum atomic E-state index is 0.623. The predicted molar refractivity (Wildman–Crippen MR) is 226 cm³/mol. The number of allylic oxidation sites excluding steroid dienone is 1. The maximum atomic E-state index is 6.82. The van der Waals surface area contributed by atoms with Crippen LogP contribution in [0.15, 0.2) is 154 Å². The molecule has 0 aliphatic heterocycles. The fourth-order valence-electron chi connectivity index (χ4n) is 8.57. The zero-order chi connectivity index (χ0) is 36.0. The summed E-state index contributed by atoms with van der Waals surface area (Å²) in [6.45, 7) is 0. The summed E-state index contributed by atoms with van der Waals surface area (Å²) in [4.78, 5) is 15.9. The highest BCUT2D eigenvalue weighted by molar-refractivity contribution is 7.25. The lowest BCUT2D eigenvalue weighted by atomic mass is 9.92. The Hall–Kier alpha value is -6.89. The topological polar surface area (TPSA) is 65.0 Å². The van der Waals surface area contributed by atoms with Crippen LogP contribution in [-0.2, 0) is 6.42 Å². The molecule has 6 heteroatoms. The lowest BCUT2D eigenvalue weighted by Gasteiger charge is -2.17. The van der Waals surface area contributed by atoms with E-state index in [-0.39, 0.29) is 0 Å². The van der Waals surface area contributed by atoms with Crippen LogP contribution in [0.2, 0.25) is 0 Å². The minimum absolute atomic E-state index is 0.623. The fourth-order valence-corrected chi connectivity index (χ4v) is 9.71. The average Bonchev–Trinajstić information content (AvgIpc) is 3.95. The van der Waals surface area contributed by atoms with Crippen molar-refractivity contribution in [2.24, 2.45) is 0 Å². The van der Waals surface area contributed by atoms with Crippen LogP contribution < -0.4 is 0 Å². The highest BCUT2D eigenvalue weighted by atomic mass is 32.1. The van der Waals surface area contributed by atoms with Gasteiger partial charge in [0.2, 0.25) is 0 Å². The Bertz CT molecular complexity index is 3400. The van der Waals surface area contributed by atoms with E-state index in [0.717, 1.165) is 84.5 Å². The maximum absolute atomic E-state index is 6.82. The summed E-state index contributed by atoms with van der Waals surface area (Å²) in [5.74, 6) is 1.99. The van der Waals surface area contributed by atoms with Crippen LogP contribution in [0.3, 0.4) is 0 Å². The first-order chi connectivity index (χ1) is 27.2. The molecule has 0 unspecified atom stereocenters. The molecule has 5 nitrogen and oxygen atoms in total. The molecule has 0 bridgehead atoms. The van der Waals surface area contributed by atoms with Crippen LogP contribution in [0.1, 0.15) is 23.4 Å². The molecular weight excluding hydrogens is 695 g/mol. The average molecular weight is 724 g/mol. The number of benzene rings is 7. The van der Waals surface area contributed by atoms with Gasteiger partial charge in [0, 0.05) is 58.4 Å². The van der Waals surface area contributed by atoms with Gasteiger partial charge >= 0.3 is 0 Å². The highest BCUT2D eigenvalue weighted by Crippen LogP contribution is 2.45. The number of fused-ring (bicyclic) bond motifs is 10. The molecule has 55 heavy (non-hydrogen) atoms. The largest absolute Gasteiger partial charge is 0.456 e. The van der Waals surface area contributed by atoms with E-state index in [4.69, 9.17) is 23.8 Å². The third kappa shape index (κ3) is 4.68. The molecule has 0 saturated carbocycles. The van der Waals surface area contributed by atoms with Gasteiger partial charge in [-0.1, -0.05) is 115 Å². The number of aryl methyl sites for hydroxylation is 1. The van der Waals surface area contributed by atoms with Gasteiger partial charge in [-0.3, -0.25) is 0 Å². The molecule has 0 radical (unpaired) electrons. The molecule has 0 spiro atoms. The summed E-state index contributed by atoms with van der Waals surface area (Å²) >= 11 is 1.80. The van der Waals surface area contributed by atoms with Gasteiger partial charge in [-0.05, 0) is 71.5 Å². The van der Waals surface area contributed by atoms with E-state index in [1.807, 2.05) is 30.3 Å². The van der Waals surface area contributed by atoms with Gasteiger partial charge < -0.3 is 8.83 Å². The molecule has 1 aliphatic rings. The third-order valence-corrected chi connectivity index (χ3v) is 12.2. The van der Waals surface area contributed by atoms with E-state index >= 15 is 0 Å². The molecule has 0 saturated heterocycles.